The maximum absolute atomic E-state index is 13.5. The van der Waals surface area contributed by atoms with E-state index in [2.05, 4.69) is 15.9 Å². The third-order valence-corrected chi connectivity index (χ3v) is 7.42. The zero-order valence-electron chi connectivity index (χ0n) is 16.0. The number of sulfone groups is 1. The van der Waals surface area contributed by atoms with E-state index in [0.29, 0.717) is 11.3 Å². The van der Waals surface area contributed by atoms with Gasteiger partial charge in [-0.05, 0) is 48.9 Å². The number of carbonyl (C=O) groups excluding carboxylic acids is 1. The minimum atomic E-state index is -4.13. The monoisotopic (exact) mass is 483 g/mol. The molecule has 1 atom stereocenters. The van der Waals surface area contributed by atoms with Gasteiger partial charge in [0, 0.05) is 10.2 Å². The van der Waals surface area contributed by atoms with Crippen LogP contribution >= 0.6 is 15.9 Å². The number of amides is 1. The average Bonchev–Trinajstić information content (AvgIpc) is 3.01. The van der Waals surface area contributed by atoms with Gasteiger partial charge < -0.3 is 5.11 Å². The molecule has 3 aromatic rings. The Balaban J connectivity index is 1.92. The number of rotatable bonds is 4. The lowest BCUT2D eigenvalue weighted by Crippen LogP contribution is -2.31. The minimum absolute atomic E-state index is 0.0287. The maximum Gasteiger partial charge on any atom is 0.295 e. The third-order valence-electron chi connectivity index (χ3n) is 5.00. The maximum atomic E-state index is 13.5. The van der Waals surface area contributed by atoms with Crippen molar-refractivity contribution in [1.82, 2.24) is 0 Å². The highest BCUT2D eigenvalue weighted by atomic mass is 79.9. The van der Waals surface area contributed by atoms with Gasteiger partial charge in [0.25, 0.3) is 5.91 Å². The van der Waals surface area contributed by atoms with Crippen LogP contribution in [0.2, 0.25) is 0 Å². The molecule has 0 radical (unpaired) electrons. The van der Waals surface area contributed by atoms with E-state index < -0.39 is 27.5 Å². The van der Waals surface area contributed by atoms with Crippen molar-refractivity contribution >= 4 is 37.4 Å². The van der Waals surface area contributed by atoms with E-state index in [4.69, 9.17) is 0 Å². The predicted octanol–water partition coefficient (Wildman–Crippen LogP) is 5.09. The number of carbonyl (C=O) groups is 1. The van der Waals surface area contributed by atoms with Crippen LogP contribution in [0.5, 0.6) is 0 Å². The highest BCUT2D eigenvalue weighted by Gasteiger charge is 2.47. The van der Waals surface area contributed by atoms with Gasteiger partial charge in [0.15, 0.2) is 5.76 Å². The summed E-state index contributed by atoms with van der Waals surface area (Å²) in [6.07, 6.45) is 0. The van der Waals surface area contributed by atoms with Gasteiger partial charge in [0.2, 0.25) is 9.84 Å². The summed E-state index contributed by atoms with van der Waals surface area (Å²) in [4.78, 5) is 14.1. The van der Waals surface area contributed by atoms with Crippen LogP contribution in [0.25, 0.3) is 0 Å². The van der Waals surface area contributed by atoms with E-state index in [1.165, 1.54) is 17.0 Å². The highest BCUT2D eigenvalue weighted by Crippen LogP contribution is 2.44. The molecule has 0 fully saturated rings. The molecule has 0 unspecified atom stereocenters. The van der Waals surface area contributed by atoms with Gasteiger partial charge in [0.05, 0.1) is 4.90 Å². The Morgan fingerprint density at radius 3 is 2.10 bits per heavy atom. The fourth-order valence-corrected chi connectivity index (χ4v) is 5.40. The van der Waals surface area contributed by atoms with Gasteiger partial charge in [-0.3, -0.25) is 9.69 Å². The topological polar surface area (TPSA) is 74.7 Å². The summed E-state index contributed by atoms with van der Waals surface area (Å²) in [7, 11) is -4.13. The lowest BCUT2D eigenvalue weighted by atomic mass is 10.1. The quantitative estimate of drug-likeness (QED) is 0.560. The Morgan fingerprint density at radius 1 is 0.900 bits per heavy atom. The number of halogens is 1. The molecule has 152 valence electrons. The van der Waals surface area contributed by atoms with Gasteiger partial charge in [-0.25, -0.2) is 8.42 Å². The van der Waals surface area contributed by atoms with Crippen molar-refractivity contribution < 1.29 is 18.3 Å². The fourth-order valence-electron chi connectivity index (χ4n) is 3.51. The van der Waals surface area contributed by atoms with Crippen LogP contribution in [-0.4, -0.2) is 19.4 Å². The van der Waals surface area contributed by atoms with Crippen molar-refractivity contribution in [3.05, 3.63) is 105 Å². The molecule has 1 aliphatic rings. The number of nitrogens with zero attached hydrogens (tertiary/aromatic N) is 1. The highest BCUT2D eigenvalue weighted by molar-refractivity contribution is 9.10. The number of aliphatic hydroxyl groups excluding tert-OH is 1. The zero-order valence-corrected chi connectivity index (χ0v) is 18.4. The number of hydrogen-bond donors (Lipinski definition) is 1. The summed E-state index contributed by atoms with van der Waals surface area (Å²) in [6, 6.07) is 21.1. The molecule has 0 saturated carbocycles. The second-order valence-electron chi connectivity index (χ2n) is 6.99. The first-order valence-corrected chi connectivity index (χ1v) is 11.5. The number of aryl methyl sites for hydroxylation is 1. The first kappa shape index (κ1) is 20.4. The van der Waals surface area contributed by atoms with E-state index >= 15 is 0 Å². The third kappa shape index (κ3) is 3.44. The van der Waals surface area contributed by atoms with E-state index in [1.807, 2.05) is 13.0 Å². The normalized spacial score (nSPS) is 16.9. The van der Waals surface area contributed by atoms with Crippen molar-refractivity contribution in [2.75, 3.05) is 4.90 Å². The number of benzene rings is 3. The lowest BCUT2D eigenvalue weighted by molar-refractivity contribution is -0.117. The van der Waals surface area contributed by atoms with Crippen LogP contribution in [0, 0.1) is 6.92 Å². The molecule has 0 aromatic heterocycles. The zero-order chi connectivity index (χ0) is 21.5. The molecule has 7 heteroatoms. The Labute approximate surface area is 183 Å². The molecular weight excluding hydrogens is 466 g/mol. The average molecular weight is 484 g/mol. The van der Waals surface area contributed by atoms with Crippen LogP contribution < -0.4 is 4.90 Å². The van der Waals surface area contributed by atoms with Crippen molar-refractivity contribution in [3.63, 3.8) is 0 Å². The molecule has 0 saturated heterocycles. The van der Waals surface area contributed by atoms with Crippen LogP contribution in [0.15, 0.2) is 98.9 Å². The van der Waals surface area contributed by atoms with E-state index in [1.54, 1.807) is 60.7 Å². The van der Waals surface area contributed by atoms with Gasteiger partial charge in [-0.2, -0.15) is 0 Å². The van der Waals surface area contributed by atoms with Gasteiger partial charge in [-0.15, -0.1) is 0 Å². The summed E-state index contributed by atoms with van der Waals surface area (Å²) in [5.74, 6) is -1.51. The van der Waals surface area contributed by atoms with Crippen molar-refractivity contribution in [3.8, 4) is 0 Å². The molecule has 30 heavy (non-hydrogen) atoms. The second-order valence-corrected chi connectivity index (χ2v) is 9.83. The Bertz CT molecular complexity index is 1230. The van der Waals surface area contributed by atoms with Crippen LogP contribution in [0.1, 0.15) is 17.2 Å². The summed E-state index contributed by atoms with van der Waals surface area (Å²) >= 11 is 3.36. The molecule has 0 bridgehead atoms. The molecule has 0 spiro atoms. The summed E-state index contributed by atoms with van der Waals surface area (Å²) in [6.45, 7) is 1.86. The molecular formula is C23H18BrNO4S. The molecule has 0 aliphatic carbocycles. The van der Waals surface area contributed by atoms with E-state index in [0.717, 1.165) is 10.0 Å². The lowest BCUT2D eigenvalue weighted by Gasteiger charge is -2.27. The van der Waals surface area contributed by atoms with Crippen molar-refractivity contribution in [1.29, 1.82) is 0 Å². The van der Waals surface area contributed by atoms with Crippen LogP contribution in [-0.2, 0) is 14.6 Å². The van der Waals surface area contributed by atoms with Gasteiger partial charge in [-0.1, -0.05) is 64.0 Å². The smallest absolute Gasteiger partial charge is 0.295 e. The Hall–Kier alpha value is -2.90. The van der Waals surface area contributed by atoms with Gasteiger partial charge in [0.1, 0.15) is 10.9 Å². The fraction of sp³-hybridized carbons (Fsp3) is 0.0870. The summed E-state index contributed by atoms with van der Waals surface area (Å²) in [5, 5.41) is 10.7. The standard InChI is InChI=1S/C23H18BrNO4S/c1-15-7-13-19(14-8-15)30(28,29)22-20(16-5-3-2-4-6-16)25(23(27)21(22)26)18-11-9-17(24)10-12-18/h2-14,20,26H,1H3/t20-/m1/s1. The molecule has 3 aromatic carbocycles. The molecule has 4 rings (SSSR count). The van der Waals surface area contributed by atoms with Crippen molar-refractivity contribution in [2.45, 2.75) is 17.9 Å². The van der Waals surface area contributed by atoms with Gasteiger partial charge >= 0.3 is 0 Å². The first-order chi connectivity index (χ1) is 14.3. The number of anilines is 1. The van der Waals surface area contributed by atoms with E-state index in [-0.39, 0.29) is 9.80 Å². The number of aliphatic hydroxyl groups is 1. The minimum Gasteiger partial charge on any atom is -0.502 e. The largest absolute Gasteiger partial charge is 0.502 e. The molecule has 1 N–H and O–H groups in total. The summed E-state index contributed by atoms with van der Waals surface area (Å²) in [5.41, 5.74) is 1.98. The second kappa shape index (κ2) is 7.74. The van der Waals surface area contributed by atoms with E-state index in [9.17, 15) is 18.3 Å². The SMILES string of the molecule is Cc1ccc(S(=O)(=O)C2=C(O)C(=O)N(c3ccc(Br)cc3)[C@@H]2c2ccccc2)cc1. The first-order valence-electron chi connectivity index (χ1n) is 9.19. The summed E-state index contributed by atoms with van der Waals surface area (Å²) < 4.78 is 27.8. The molecule has 1 heterocycles. The Morgan fingerprint density at radius 2 is 1.50 bits per heavy atom. The van der Waals surface area contributed by atoms with Crippen LogP contribution in [0.4, 0.5) is 5.69 Å². The molecule has 5 nitrogen and oxygen atoms in total. The van der Waals surface area contributed by atoms with Crippen LogP contribution in [0.3, 0.4) is 0 Å². The predicted molar refractivity (Wildman–Crippen MR) is 119 cm³/mol. The molecule has 1 amide bonds. The molecule has 1 aliphatic heterocycles. The van der Waals surface area contributed by atoms with Crippen molar-refractivity contribution in [2.24, 2.45) is 0 Å². The Kier molecular flexibility index (Phi) is 5.26. The number of hydrogen-bond acceptors (Lipinski definition) is 4.